The van der Waals surface area contributed by atoms with Gasteiger partial charge < -0.3 is 14.4 Å². The van der Waals surface area contributed by atoms with Gasteiger partial charge in [0.15, 0.2) is 0 Å². The van der Waals surface area contributed by atoms with E-state index in [2.05, 4.69) is 16.6 Å². The Hall–Kier alpha value is -2.69. The molecule has 2 aromatic carbocycles. The standard InChI is InChI=1S/C22H28ClF3N2O2.C8H7FO2.C3H6/c1-14-3-2-7-27(11-14)17-4-5-20(30-13-17)21(29)28-8-6-18-15(12-28)9-16(10-19(18)23)22(24,25)26;1-11-8(10)6-4-2-3-5-7(6)9;1-2-3-1/h9-10,14,17,20H,2-8,11-13H2,1H3;2-5H,1H3;1-3H2. The Labute approximate surface area is 261 Å². The highest BCUT2D eigenvalue weighted by molar-refractivity contribution is 6.31. The summed E-state index contributed by atoms with van der Waals surface area (Å²) in [5.74, 6) is -0.637. The zero-order valence-electron chi connectivity index (χ0n) is 25.3. The van der Waals surface area contributed by atoms with Crippen LogP contribution in [0, 0.1) is 11.7 Å². The number of carbonyl (C=O) groups is 2. The first-order valence-electron chi connectivity index (χ1n) is 15.3. The van der Waals surface area contributed by atoms with E-state index in [1.807, 2.05) is 0 Å². The van der Waals surface area contributed by atoms with E-state index in [1.54, 1.807) is 11.0 Å². The molecule has 6 nitrogen and oxygen atoms in total. The number of esters is 1. The summed E-state index contributed by atoms with van der Waals surface area (Å²) in [6, 6.07) is 8.14. The van der Waals surface area contributed by atoms with Crippen molar-refractivity contribution in [2.75, 3.05) is 33.4 Å². The van der Waals surface area contributed by atoms with Crippen molar-refractivity contribution in [2.24, 2.45) is 5.92 Å². The summed E-state index contributed by atoms with van der Waals surface area (Å²) in [5, 5.41) is 0.124. The zero-order chi connectivity index (χ0) is 31.9. The van der Waals surface area contributed by atoms with Gasteiger partial charge in [-0.25, -0.2) is 9.18 Å². The smallest absolute Gasteiger partial charge is 0.416 e. The molecule has 3 unspecified atom stereocenters. The summed E-state index contributed by atoms with van der Waals surface area (Å²) in [7, 11) is 1.22. The summed E-state index contributed by atoms with van der Waals surface area (Å²) >= 11 is 6.10. The Balaban J connectivity index is 0.000000260. The van der Waals surface area contributed by atoms with Gasteiger partial charge in [-0.3, -0.25) is 9.69 Å². The van der Waals surface area contributed by atoms with Gasteiger partial charge in [0.25, 0.3) is 5.91 Å². The normalized spacial score (nSPS) is 23.2. The molecule has 242 valence electrons. The molecule has 0 N–H and O–H groups in total. The van der Waals surface area contributed by atoms with E-state index in [0.717, 1.165) is 31.6 Å². The fraction of sp³-hybridized carbons (Fsp3) is 0.576. The lowest BCUT2D eigenvalue weighted by Crippen LogP contribution is -2.51. The van der Waals surface area contributed by atoms with Crippen molar-refractivity contribution in [3.05, 3.63) is 69.5 Å². The Kier molecular flexibility index (Phi) is 12.1. The van der Waals surface area contributed by atoms with E-state index in [9.17, 15) is 27.2 Å². The number of piperidine rings is 1. The van der Waals surface area contributed by atoms with Crippen molar-refractivity contribution in [1.29, 1.82) is 0 Å². The van der Waals surface area contributed by atoms with Gasteiger partial charge >= 0.3 is 12.1 Å². The summed E-state index contributed by atoms with van der Waals surface area (Å²) in [4.78, 5) is 27.9. The van der Waals surface area contributed by atoms with Crippen molar-refractivity contribution in [1.82, 2.24) is 9.80 Å². The average Bonchev–Trinajstić information content (AvgIpc) is 3.90. The monoisotopic (exact) mass is 640 g/mol. The number of alkyl halides is 3. The molecule has 3 atom stereocenters. The summed E-state index contributed by atoms with van der Waals surface area (Å²) in [6.07, 6.45) is 4.03. The SMILES string of the molecule is C1CC1.CC1CCCN(C2CCC(C(=O)N3CCc4c(Cl)cc(C(F)(F)F)cc4C3)OC2)C1.COC(=O)c1ccccc1F. The topological polar surface area (TPSA) is 59.1 Å². The van der Waals surface area contributed by atoms with Crippen LogP contribution in [0.25, 0.3) is 0 Å². The van der Waals surface area contributed by atoms with Crippen molar-refractivity contribution in [2.45, 2.75) is 83.2 Å². The van der Waals surface area contributed by atoms with Gasteiger partial charge in [0.05, 0.1) is 24.8 Å². The van der Waals surface area contributed by atoms with Gasteiger partial charge in [0.2, 0.25) is 0 Å². The van der Waals surface area contributed by atoms with Gasteiger partial charge in [-0.1, -0.05) is 49.9 Å². The molecule has 0 spiro atoms. The molecule has 1 aliphatic carbocycles. The molecule has 0 aromatic heterocycles. The molecule has 1 amide bonds. The lowest BCUT2D eigenvalue weighted by atomic mass is 9.94. The van der Waals surface area contributed by atoms with Crippen LogP contribution in [0.3, 0.4) is 0 Å². The van der Waals surface area contributed by atoms with Crippen LogP contribution in [0.5, 0.6) is 0 Å². The number of nitrogens with zero attached hydrogens (tertiary/aromatic N) is 2. The van der Waals surface area contributed by atoms with E-state index < -0.39 is 29.6 Å². The Morgan fingerprint density at radius 3 is 2.34 bits per heavy atom. The maximum atomic E-state index is 13.1. The fourth-order valence-electron chi connectivity index (χ4n) is 5.72. The summed E-state index contributed by atoms with van der Waals surface area (Å²) < 4.78 is 62.4. The van der Waals surface area contributed by atoms with E-state index in [4.69, 9.17) is 16.3 Å². The maximum absolute atomic E-state index is 13.1. The molecule has 11 heteroatoms. The van der Waals surface area contributed by atoms with Crippen LogP contribution in [-0.2, 0) is 33.4 Å². The first-order chi connectivity index (χ1) is 21.0. The fourth-order valence-corrected chi connectivity index (χ4v) is 6.05. The lowest BCUT2D eigenvalue weighted by molar-refractivity contribution is -0.150. The van der Waals surface area contributed by atoms with E-state index in [-0.39, 0.29) is 23.0 Å². The van der Waals surface area contributed by atoms with Gasteiger partial charge in [-0.05, 0) is 80.0 Å². The molecule has 44 heavy (non-hydrogen) atoms. The number of carbonyl (C=O) groups excluding carboxylic acids is 2. The molecule has 1 saturated carbocycles. The molecule has 2 saturated heterocycles. The van der Waals surface area contributed by atoms with Gasteiger partial charge in [0.1, 0.15) is 11.9 Å². The third-order valence-electron chi connectivity index (χ3n) is 8.28. The van der Waals surface area contributed by atoms with Crippen LogP contribution >= 0.6 is 11.6 Å². The molecule has 0 bridgehead atoms. The van der Waals surface area contributed by atoms with E-state index in [1.165, 1.54) is 57.4 Å². The number of benzene rings is 2. The number of amides is 1. The van der Waals surface area contributed by atoms with Crippen LogP contribution in [-0.4, -0.2) is 67.2 Å². The predicted octanol–water partition coefficient (Wildman–Crippen LogP) is 7.31. The largest absolute Gasteiger partial charge is 0.465 e. The number of likely N-dealkylation sites (tertiary alicyclic amines) is 1. The Morgan fingerprint density at radius 2 is 1.75 bits per heavy atom. The second-order valence-corrected chi connectivity index (χ2v) is 12.3. The molecule has 3 heterocycles. The van der Waals surface area contributed by atoms with Crippen molar-refractivity contribution >= 4 is 23.5 Å². The molecule has 4 aliphatic rings. The third-order valence-corrected chi connectivity index (χ3v) is 8.62. The molecule has 6 rings (SSSR count). The zero-order valence-corrected chi connectivity index (χ0v) is 26.1. The third kappa shape index (κ3) is 9.41. The van der Waals surface area contributed by atoms with Crippen molar-refractivity contribution < 1.29 is 36.6 Å². The van der Waals surface area contributed by atoms with E-state index >= 15 is 0 Å². The minimum atomic E-state index is -4.46. The first kappa shape index (κ1) is 34.2. The van der Waals surface area contributed by atoms with Crippen molar-refractivity contribution in [3.8, 4) is 0 Å². The molecular weight excluding hydrogens is 600 g/mol. The lowest BCUT2D eigenvalue weighted by Gasteiger charge is -2.41. The summed E-state index contributed by atoms with van der Waals surface area (Å²) in [5.41, 5.74) is 0.381. The molecule has 3 aliphatic heterocycles. The minimum absolute atomic E-state index is 0.0324. The number of fused-ring (bicyclic) bond motifs is 1. The highest BCUT2D eigenvalue weighted by atomic mass is 35.5. The van der Waals surface area contributed by atoms with Gasteiger partial charge in [0, 0.05) is 30.7 Å². The van der Waals surface area contributed by atoms with Crippen LogP contribution in [0.15, 0.2) is 36.4 Å². The Bertz CT molecular complexity index is 1280. The van der Waals surface area contributed by atoms with Crippen LogP contribution in [0.1, 0.15) is 78.9 Å². The molecule has 0 radical (unpaired) electrons. The van der Waals surface area contributed by atoms with Crippen LogP contribution in [0.4, 0.5) is 17.6 Å². The number of halogens is 5. The van der Waals surface area contributed by atoms with Gasteiger partial charge in [-0.15, -0.1) is 0 Å². The predicted molar refractivity (Wildman–Crippen MR) is 160 cm³/mol. The average molecular weight is 641 g/mol. The molecule has 2 aromatic rings. The number of hydrogen-bond acceptors (Lipinski definition) is 5. The molecule has 3 fully saturated rings. The second-order valence-electron chi connectivity index (χ2n) is 11.9. The number of hydrogen-bond donors (Lipinski definition) is 0. The first-order valence-corrected chi connectivity index (χ1v) is 15.7. The second kappa shape index (κ2) is 15.5. The number of methoxy groups -OCH3 is 1. The number of rotatable bonds is 3. The summed E-state index contributed by atoms with van der Waals surface area (Å²) in [6.45, 7) is 5.57. The van der Waals surface area contributed by atoms with Gasteiger partial charge in [-0.2, -0.15) is 13.2 Å². The van der Waals surface area contributed by atoms with E-state index in [0.29, 0.717) is 49.1 Å². The molecular formula is C33H41ClF4N2O4. The van der Waals surface area contributed by atoms with Crippen LogP contribution < -0.4 is 0 Å². The minimum Gasteiger partial charge on any atom is -0.465 e. The number of ether oxygens (including phenoxy) is 2. The van der Waals surface area contributed by atoms with Crippen molar-refractivity contribution in [3.63, 3.8) is 0 Å². The maximum Gasteiger partial charge on any atom is 0.416 e. The Morgan fingerprint density at radius 1 is 1.02 bits per heavy atom. The highest BCUT2D eigenvalue weighted by Crippen LogP contribution is 2.36. The quantitative estimate of drug-likeness (QED) is 0.260. The van der Waals surface area contributed by atoms with Crippen LogP contribution in [0.2, 0.25) is 5.02 Å². The highest BCUT2D eigenvalue weighted by Gasteiger charge is 2.36.